The van der Waals surface area contributed by atoms with Crippen LogP contribution in [0.15, 0.2) is 42.5 Å². The van der Waals surface area contributed by atoms with E-state index in [0.717, 1.165) is 25.7 Å². The number of benzene rings is 2. The Morgan fingerprint density at radius 2 is 1.67 bits per heavy atom. The first-order chi connectivity index (χ1) is 13.0. The highest BCUT2D eigenvalue weighted by Crippen LogP contribution is 2.27. The molecule has 2 aromatic rings. The average molecular weight is 374 g/mol. The molecular weight excluding hydrogens is 354 g/mol. The molecule has 0 N–H and O–H groups in total. The molecule has 0 atom stereocenters. The molecule has 1 amide bonds. The zero-order valence-corrected chi connectivity index (χ0v) is 14.7. The van der Waals surface area contributed by atoms with Crippen LogP contribution in [0.4, 0.5) is 14.5 Å². The molecule has 0 unspecified atom stereocenters. The summed E-state index contributed by atoms with van der Waals surface area (Å²) in [6.45, 7) is -0.116. The van der Waals surface area contributed by atoms with Crippen molar-refractivity contribution in [1.82, 2.24) is 4.90 Å². The van der Waals surface area contributed by atoms with Crippen LogP contribution in [0.1, 0.15) is 36.8 Å². The number of hydrogen-bond acceptors (Lipinski definition) is 3. The van der Waals surface area contributed by atoms with E-state index in [1.165, 1.54) is 42.5 Å². The molecule has 27 heavy (non-hydrogen) atoms. The fraction of sp³-hybridized carbons (Fsp3) is 0.350. The molecule has 0 heterocycles. The summed E-state index contributed by atoms with van der Waals surface area (Å²) < 4.78 is 28.1. The lowest BCUT2D eigenvalue weighted by atomic mass is 10.1. The van der Waals surface area contributed by atoms with Gasteiger partial charge in [-0.25, -0.2) is 8.78 Å². The molecule has 0 bridgehead atoms. The lowest BCUT2D eigenvalue weighted by molar-refractivity contribution is -0.384. The quantitative estimate of drug-likeness (QED) is 0.557. The molecule has 0 saturated heterocycles. The minimum absolute atomic E-state index is 0.0323. The summed E-state index contributed by atoms with van der Waals surface area (Å²) >= 11 is 0. The number of non-ortho nitro benzene ring substituents is 1. The van der Waals surface area contributed by atoms with Crippen LogP contribution in [0.25, 0.3) is 0 Å². The molecule has 1 saturated carbocycles. The predicted molar refractivity (Wildman–Crippen MR) is 96.0 cm³/mol. The maximum Gasteiger partial charge on any atom is 0.269 e. The molecule has 7 heteroatoms. The van der Waals surface area contributed by atoms with Crippen molar-refractivity contribution in [3.63, 3.8) is 0 Å². The normalized spacial score (nSPS) is 14.3. The molecule has 3 rings (SSSR count). The van der Waals surface area contributed by atoms with Crippen LogP contribution in [0.5, 0.6) is 0 Å². The Bertz CT molecular complexity index is 813. The minimum atomic E-state index is -0.666. The van der Waals surface area contributed by atoms with Gasteiger partial charge >= 0.3 is 0 Å². The van der Waals surface area contributed by atoms with Crippen molar-refractivity contribution in [1.29, 1.82) is 0 Å². The number of rotatable bonds is 6. The number of carbonyl (C=O) groups excluding carboxylic acids is 1. The van der Waals surface area contributed by atoms with E-state index in [9.17, 15) is 23.7 Å². The zero-order chi connectivity index (χ0) is 19.4. The third kappa shape index (κ3) is 4.48. The Morgan fingerprint density at radius 1 is 1.07 bits per heavy atom. The highest BCUT2D eigenvalue weighted by molar-refractivity contribution is 5.79. The molecule has 0 aromatic heterocycles. The SMILES string of the molecule is O=C(Cc1ccc([N+](=O)[O-])cc1)N(Cc1c(F)cccc1F)C1CCCC1. The Kier molecular flexibility index (Phi) is 5.78. The van der Waals surface area contributed by atoms with Crippen LogP contribution < -0.4 is 0 Å². The van der Waals surface area contributed by atoms with E-state index in [0.29, 0.717) is 5.56 Å². The fourth-order valence-electron chi connectivity index (χ4n) is 3.50. The molecule has 0 aliphatic heterocycles. The third-order valence-corrected chi connectivity index (χ3v) is 4.98. The summed E-state index contributed by atoms with van der Waals surface area (Å²) in [6, 6.07) is 9.39. The number of carbonyl (C=O) groups is 1. The van der Waals surface area contributed by atoms with E-state index >= 15 is 0 Å². The number of nitro groups is 1. The van der Waals surface area contributed by atoms with Gasteiger partial charge in [0.15, 0.2) is 0 Å². The van der Waals surface area contributed by atoms with Crippen LogP contribution in [0.3, 0.4) is 0 Å². The van der Waals surface area contributed by atoms with Gasteiger partial charge in [-0.05, 0) is 30.5 Å². The van der Waals surface area contributed by atoms with Crippen LogP contribution in [-0.2, 0) is 17.8 Å². The van der Waals surface area contributed by atoms with Crippen molar-refractivity contribution in [2.45, 2.75) is 44.7 Å². The van der Waals surface area contributed by atoms with Gasteiger partial charge in [-0.1, -0.05) is 31.0 Å². The van der Waals surface area contributed by atoms with E-state index < -0.39 is 16.6 Å². The van der Waals surface area contributed by atoms with Gasteiger partial charge in [0.05, 0.1) is 17.9 Å². The number of halogens is 2. The Morgan fingerprint density at radius 3 is 2.22 bits per heavy atom. The molecule has 2 aromatic carbocycles. The maximum atomic E-state index is 14.1. The molecule has 0 spiro atoms. The molecule has 1 aliphatic carbocycles. The van der Waals surface area contributed by atoms with Gasteiger partial charge in [-0.3, -0.25) is 14.9 Å². The molecular formula is C20H20F2N2O3. The standard InChI is InChI=1S/C20H20F2N2O3/c21-18-6-3-7-19(22)17(18)13-23(15-4-1-2-5-15)20(25)12-14-8-10-16(11-9-14)24(26)27/h3,6-11,15H,1-2,4-5,12-13H2. The Balaban J connectivity index is 1.80. The Hall–Kier alpha value is -2.83. The number of nitrogens with zero attached hydrogens (tertiary/aromatic N) is 2. The van der Waals surface area contributed by atoms with Gasteiger partial charge in [0, 0.05) is 23.7 Å². The van der Waals surface area contributed by atoms with Crippen LogP contribution in [0, 0.1) is 21.7 Å². The van der Waals surface area contributed by atoms with E-state index in [-0.39, 0.29) is 36.2 Å². The van der Waals surface area contributed by atoms with Crippen molar-refractivity contribution in [2.24, 2.45) is 0 Å². The molecule has 5 nitrogen and oxygen atoms in total. The first-order valence-corrected chi connectivity index (χ1v) is 8.91. The van der Waals surface area contributed by atoms with Crippen molar-refractivity contribution in [2.75, 3.05) is 0 Å². The topological polar surface area (TPSA) is 63.4 Å². The van der Waals surface area contributed by atoms with Gasteiger partial charge in [0.25, 0.3) is 5.69 Å². The summed E-state index contributed by atoms with van der Waals surface area (Å²) in [6.07, 6.45) is 3.60. The zero-order valence-electron chi connectivity index (χ0n) is 14.7. The first kappa shape index (κ1) is 18.9. The van der Waals surface area contributed by atoms with E-state index in [2.05, 4.69) is 0 Å². The lowest BCUT2D eigenvalue weighted by Gasteiger charge is -2.29. The van der Waals surface area contributed by atoms with Gasteiger partial charge in [0.2, 0.25) is 5.91 Å². The van der Waals surface area contributed by atoms with Crippen molar-refractivity contribution >= 4 is 11.6 Å². The first-order valence-electron chi connectivity index (χ1n) is 8.91. The summed E-state index contributed by atoms with van der Waals surface area (Å²) in [5, 5.41) is 10.7. The third-order valence-electron chi connectivity index (χ3n) is 4.98. The fourth-order valence-corrected chi connectivity index (χ4v) is 3.50. The average Bonchev–Trinajstić information content (AvgIpc) is 3.16. The van der Waals surface area contributed by atoms with Crippen molar-refractivity contribution in [3.05, 3.63) is 75.3 Å². The molecule has 142 valence electrons. The maximum absolute atomic E-state index is 14.1. The number of nitro benzene ring substituents is 1. The summed E-state index contributed by atoms with van der Waals surface area (Å²) in [4.78, 5) is 24.7. The largest absolute Gasteiger partial charge is 0.335 e. The number of hydrogen-bond donors (Lipinski definition) is 0. The second kappa shape index (κ2) is 8.24. The van der Waals surface area contributed by atoms with E-state index in [1.807, 2.05) is 0 Å². The predicted octanol–water partition coefficient (Wildman–Crippen LogP) is 4.39. The second-order valence-corrected chi connectivity index (χ2v) is 6.76. The molecule has 1 fully saturated rings. The number of amides is 1. The van der Waals surface area contributed by atoms with Crippen molar-refractivity contribution in [3.8, 4) is 0 Å². The second-order valence-electron chi connectivity index (χ2n) is 6.76. The monoisotopic (exact) mass is 374 g/mol. The van der Waals surface area contributed by atoms with E-state index in [1.54, 1.807) is 4.90 Å². The van der Waals surface area contributed by atoms with Crippen LogP contribution in [0.2, 0.25) is 0 Å². The van der Waals surface area contributed by atoms with Gasteiger partial charge in [-0.15, -0.1) is 0 Å². The summed E-state index contributed by atoms with van der Waals surface area (Å²) in [7, 11) is 0. The smallest absolute Gasteiger partial charge is 0.269 e. The van der Waals surface area contributed by atoms with Gasteiger partial charge < -0.3 is 4.90 Å². The highest BCUT2D eigenvalue weighted by atomic mass is 19.1. The highest BCUT2D eigenvalue weighted by Gasteiger charge is 2.28. The van der Waals surface area contributed by atoms with Crippen LogP contribution in [-0.4, -0.2) is 21.8 Å². The lowest BCUT2D eigenvalue weighted by Crippen LogP contribution is -2.39. The minimum Gasteiger partial charge on any atom is -0.335 e. The van der Waals surface area contributed by atoms with E-state index in [4.69, 9.17) is 0 Å². The summed E-state index contributed by atoms with van der Waals surface area (Å²) in [5.74, 6) is -1.57. The van der Waals surface area contributed by atoms with Gasteiger partial charge in [0.1, 0.15) is 11.6 Å². The van der Waals surface area contributed by atoms with Gasteiger partial charge in [-0.2, -0.15) is 0 Å². The molecule has 0 radical (unpaired) electrons. The molecule has 1 aliphatic rings. The van der Waals surface area contributed by atoms with Crippen molar-refractivity contribution < 1.29 is 18.5 Å². The Labute approximate surface area is 155 Å². The summed E-state index contributed by atoms with van der Waals surface area (Å²) in [5.41, 5.74) is 0.469. The van der Waals surface area contributed by atoms with Crippen LogP contribution >= 0.6 is 0 Å².